The Hall–Kier alpha value is -3.73. The fourth-order valence-electron chi connectivity index (χ4n) is 2.67. The number of amides is 1. The van der Waals surface area contributed by atoms with E-state index in [0.717, 1.165) is 6.34 Å². The van der Waals surface area contributed by atoms with E-state index < -0.39 is 5.91 Å². The van der Waals surface area contributed by atoms with Gasteiger partial charge in [0.2, 0.25) is 0 Å². The number of hydrogen-bond acceptors (Lipinski definition) is 6. The van der Waals surface area contributed by atoms with Gasteiger partial charge in [0.25, 0.3) is 5.91 Å². The van der Waals surface area contributed by atoms with Crippen LogP contribution in [0.25, 0.3) is 0 Å². The lowest BCUT2D eigenvalue weighted by molar-refractivity contribution is 0.102. The molecule has 1 aromatic carbocycles. The average molecular weight is 362 g/mol. The van der Waals surface area contributed by atoms with Crippen LogP contribution in [-0.2, 0) is 0 Å². The van der Waals surface area contributed by atoms with Gasteiger partial charge in [-0.15, -0.1) is 0 Å². The molecular weight excluding hydrogens is 344 g/mol. The number of pyridine rings is 1. The smallest absolute Gasteiger partial charge is 0.260 e. The van der Waals surface area contributed by atoms with Crippen LogP contribution in [0.1, 0.15) is 34.5 Å². The zero-order valence-electron chi connectivity index (χ0n) is 14.5. The molecule has 0 atom stereocenters. The first-order valence-electron chi connectivity index (χ1n) is 8.44. The summed E-state index contributed by atoms with van der Waals surface area (Å²) >= 11 is 0. The normalized spacial score (nSPS) is 14.9. The lowest BCUT2D eigenvalue weighted by Crippen LogP contribution is -2.31. The Labute approximate surface area is 156 Å². The minimum absolute atomic E-state index is 0.0955. The van der Waals surface area contributed by atoms with E-state index in [2.05, 4.69) is 10.3 Å². The lowest BCUT2D eigenvalue weighted by atomic mass is 10.1. The number of rotatable bonds is 1. The topological polar surface area (TPSA) is 126 Å². The standard InChI is InChI=1S/C19H18N6O2/c20-11-13-6-7-14-16(10-13)27-9-2-1-8-25(12-21)18(22)15-4-3-5-17(23-15)24-19(14)26/h3-7,10,12,21-22H,1-2,8-9H2,(H,23,24,26). The maximum Gasteiger partial charge on any atom is 0.260 e. The quantitative estimate of drug-likeness (QED) is 0.531. The van der Waals surface area contributed by atoms with Gasteiger partial charge in [0, 0.05) is 6.54 Å². The van der Waals surface area contributed by atoms with Crippen LogP contribution in [0, 0.1) is 22.1 Å². The molecule has 0 spiro atoms. The molecule has 0 saturated heterocycles. The fourth-order valence-corrected chi connectivity index (χ4v) is 2.67. The molecule has 0 radical (unpaired) electrons. The van der Waals surface area contributed by atoms with Crippen molar-refractivity contribution < 1.29 is 9.53 Å². The molecular formula is C19H18N6O2. The Morgan fingerprint density at radius 2 is 2.15 bits per heavy atom. The monoisotopic (exact) mass is 362 g/mol. The molecule has 0 fully saturated rings. The summed E-state index contributed by atoms with van der Waals surface area (Å²) in [6, 6.07) is 11.7. The van der Waals surface area contributed by atoms with Gasteiger partial charge in [-0.2, -0.15) is 5.26 Å². The molecule has 136 valence electrons. The van der Waals surface area contributed by atoms with E-state index in [4.69, 9.17) is 20.8 Å². The van der Waals surface area contributed by atoms with Crippen LogP contribution in [0.3, 0.4) is 0 Å². The Balaban J connectivity index is 1.99. The number of ether oxygens (including phenoxy) is 1. The van der Waals surface area contributed by atoms with Crippen LogP contribution >= 0.6 is 0 Å². The van der Waals surface area contributed by atoms with Crippen LogP contribution in [-0.4, -0.2) is 41.1 Å². The van der Waals surface area contributed by atoms with Crippen molar-refractivity contribution in [2.75, 3.05) is 18.5 Å². The molecule has 8 nitrogen and oxygen atoms in total. The first-order valence-corrected chi connectivity index (χ1v) is 8.44. The number of nitrogens with one attached hydrogen (secondary N) is 3. The van der Waals surface area contributed by atoms with Crippen LogP contribution in [0.5, 0.6) is 5.75 Å². The predicted molar refractivity (Wildman–Crippen MR) is 100 cm³/mol. The van der Waals surface area contributed by atoms with Gasteiger partial charge >= 0.3 is 0 Å². The highest BCUT2D eigenvalue weighted by Crippen LogP contribution is 2.22. The molecule has 2 bridgehead atoms. The van der Waals surface area contributed by atoms with Crippen LogP contribution in [0.4, 0.5) is 5.82 Å². The molecule has 1 amide bonds. The molecule has 3 N–H and O–H groups in total. The van der Waals surface area contributed by atoms with Crippen molar-refractivity contribution in [3.63, 3.8) is 0 Å². The van der Waals surface area contributed by atoms with Crippen LogP contribution in [0.2, 0.25) is 0 Å². The van der Waals surface area contributed by atoms with E-state index in [1.54, 1.807) is 36.4 Å². The molecule has 8 heteroatoms. The maximum atomic E-state index is 12.7. The average Bonchev–Trinajstić information content (AvgIpc) is 2.69. The lowest BCUT2D eigenvalue weighted by Gasteiger charge is -2.20. The molecule has 2 heterocycles. The third-order valence-electron chi connectivity index (χ3n) is 4.08. The van der Waals surface area contributed by atoms with Gasteiger partial charge in [-0.3, -0.25) is 15.6 Å². The first-order chi connectivity index (χ1) is 13.1. The third-order valence-corrected chi connectivity index (χ3v) is 4.08. The highest BCUT2D eigenvalue weighted by Gasteiger charge is 2.17. The second kappa shape index (κ2) is 8.10. The Morgan fingerprint density at radius 1 is 1.30 bits per heavy atom. The molecule has 2 aromatic rings. The molecule has 0 unspecified atom stereocenters. The zero-order chi connectivity index (χ0) is 19.2. The van der Waals surface area contributed by atoms with Crippen molar-refractivity contribution in [1.82, 2.24) is 9.88 Å². The zero-order valence-corrected chi connectivity index (χ0v) is 14.5. The summed E-state index contributed by atoms with van der Waals surface area (Å²) in [6.07, 6.45) is 2.45. The summed E-state index contributed by atoms with van der Waals surface area (Å²) in [6.45, 7) is 0.840. The summed E-state index contributed by atoms with van der Waals surface area (Å²) in [7, 11) is 0. The van der Waals surface area contributed by atoms with Crippen molar-refractivity contribution in [1.29, 1.82) is 16.1 Å². The van der Waals surface area contributed by atoms with Gasteiger partial charge in [-0.1, -0.05) is 6.07 Å². The van der Waals surface area contributed by atoms with Crippen molar-refractivity contribution in [2.45, 2.75) is 12.8 Å². The largest absolute Gasteiger partial charge is 0.493 e. The number of amidine groups is 1. The minimum atomic E-state index is -0.411. The molecule has 27 heavy (non-hydrogen) atoms. The number of carbonyl (C=O) groups is 1. The molecule has 0 aliphatic carbocycles. The van der Waals surface area contributed by atoms with E-state index in [9.17, 15) is 4.79 Å². The number of nitrogens with zero attached hydrogens (tertiary/aromatic N) is 3. The van der Waals surface area contributed by atoms with Crippen molar-refractivity contribution >= 4 is 23.9 Å². The van der Waals surface area contributed by atoms with Gasteiger partial charge < -0.3 is 15.0 Å². The number of hydrogen-bond donors (Lipinski definition) is 3. The number of aromatic nitrogens is 1. The van der Waals surface area contributed by atoms with Crippen LogP contribution < -0.4 is 10.1 Å². The summed E-state index contributed by atoms with van der Waals surface area (Å²) < 4.78 is 5.73. The van der Waals surface area contributed by atoms with E-state index in [0.29, 0.717) is 54.4 Å². The second-order valence-corrected chi connectivity index (χ2v) is 5.91. The highest BCUT2D eigenvalue weighted by atomic mass is 16.5. The summed E-state index contributed by atoms with van der Waals surface area (Å²) in [5.74, 6) is 0.320. The van der Waals surface area contributed by atoms with Crippen molar-refractivity contribution in [3.8, 4) is 11.8 Å². The van der Waals surface area contributed by atoms with Gasteiger partial charge in [-0.05, 0) is 43.2 Å². The van der Waals surface area contributed by atoms with Crippen LogP contribution in [0.15, 0.2) is 36.4 Å². The number of benzene rings is 1. The summed E-state index contributed by atoms with van der Waals surface area (Å²) in [5, 5.41) is 27.6. The van der Waals surface area contributed by atoms with E-state index in [-0.39, 0.29) is 5.84 Å². The SMILES string of the molecule is N#Cc1ccc2c(c1)OCCCCN(C=N)C(=N)c1cccc(n1)NC2=O. The molecule has 3 rings (SSSR count). The van der Waals surface area contributed by atoms with E-state index in [1.165, 1.54) is 4.90 Å². The van der Waals surface area contributed by atoms with Crippen molar-refractivity contribution in [3.05, 3.63) is 53.2 Å². The third kappa shape index (κ3) is 4.10. The van der Waals surface area contributed by atoms with Gasteiger partial charge in [0.15, 0.2) is 5.84 Å². The first kappa shape index (κ1) is 18.1. The number of nitriles is 1. The Kier molecular flexibility index (Phi) is 5.42. The Bertz CT molecular complexity index is 934. The number of anilines is 1. The number of carbonyl (C=O) groups excluding carboxylic acids is 1. The molecule has 0 saturated carbocycles. The van der Waals surface area contributed by atoms with Gasteiger partial charge in [0.1, 0.15) is 17.3 Å². The maximum absolute atomic E-state index is 12.7. The van der Waals surface area contributed by atoms with E-state index >= 15 is 0 Å². The summed E-state index contributed by atoms with van der Waals surface area (Å²) in [4.78, 5) is 18.5. The molecule has 1 aromatic heterocycles. The Morgan fingerprint density at radius 3 is 2.93 bits per heavy atom. The molecule has 1 aliphatic rings. The fraction of sp³-hybridized carbons (Fsp3) is 0.211. The van der Waals surface area contributed by atoms with Crippen molar-refractivity contribution in [2.24, 2.45) is 0 Å². The highest BCUT2D eigenvalue weighted by molar-refractivity contribution is 6.06. The van der Waals surface area contributed by atoms with E-state index in [1.807, 2.05) is 6.07 Å². The second-order valence-electron chi connectivity index (χ2n) is 5.91. The number of fused-ring (bicyclic) bond motifs is 3. The predicted octanol–water partition coefficient (Wildman–Crippen LogP) is 2.61. The van der Waals surface area contributed by atoms with Gasteiger partial charge in [-0.25, -0.2) is 4.98 Å². The van der Waals surface area contributed by atoms with Gasteiger partial charge in [0.05, 0.1) is 30.1 Å². The summed E-state index contributed by atoms with van der Waals surface area (Å²) in [5.41, 5.74) is 1.09. The minimum Gasteiger partial charge on any atom is -0.493 e. The molecule has 1 aliphatic heterocycles.